The highest BCUT2D eigenvalue weighted by molar-refractivity contribution is 5.91. The summed E-state index contributed by atoms with van der Waals surface area (Å²) in [5.41, 5.74) is -0.677. The predicted molar refractivity (Wildman–Crippen MR) is 71.9 cm³/mol. The first kappa shape index (κ1) is 15.8. The maximum absolute atomic E-state index is 12.6. The van der Waals surface area contributed by atoms with E-state index in [1.54, 1.807) is 0 Å². The quantitative estimate of drug-likeness (QED) is 0.898. The summed E-state index contributed by atoms with van der Waals surface area (Å²) < 4.78 is 43.1. The van der Waals surface area contributed by atoms with Crippen molar-refractivity contribution in [2.24, 2.45) is 0 Å². The van der Waals surface area contributed by atoms with Crippen molar-refractivity contribution in [3.05, 3.63) is 29.8 Å². The van der Waals surface area contributed by atoms with E-state index in [0.29, 0.717) is 0 Å². The smallest absolute Gasteiger partial charge is 0.368 e. The van der Waals surface area contributed by atoms with E-state index in [-0.39, 0.29) is 18.4 Å². The molecule has 2 rings (SSSR count). The summed E-state index contributed by atoms with van der Waals surface area (Å²) in [6.45, 7) is 1.54. The minimum Gasteiger partial charge on any atom is -0.368 e. The van der Waals surface area contributed by atoms with Crippen LogP contribution in [0, 0.1) is 0 Å². The first-order valence-corrected chi connectivity index (χ1v) is 6.74. The number of rotatable bonds is 4. The van der Waals surface area contributed by atoms with Gasteiger partial charge in [0.15, 0.2) is 0 Å². The summed E-state index contributed by atoms with van der Waals surface area (Å²) in [4.78, 5) is 11.7. The number of benzene rings is 1. The van der Waals surface area contributed by atoms with E-state index in [4.69, 9.17) is 4.74 Å². The topological polar surface area (TPSA) is 50.4 Å². The van der Waals surface area contributed by atoms with Crippen LogP contribution < -0.4 is 10.6 Å². The van der Waals surface area contributed by atoms with Gasteiger partial charge in [-0.1, -0.05) is 6.07 Å². The summed E-state index contributed by atoms with van der Waals surface area (Å²) in [6, 6.07) is 4.54. The molecule has 1 heterocycles. The SMILES string of the molecule is O=C(COC1CCNCC1)Nc1cccc(C(F)(F)F)c1. The van der Waals surface area contributed by atoms with Gasteiger partial charge in [-0.25, -0.2) is 0 Å². The standard InChI is InChI=1S/C14H17F3N2O2/c15-14(16,17)10-2-1-3-11(8-10)19-13(20)9-21-12-4-6-18-7-5-12/h1-3,8,12,18H,4-7,9H2,(H,19,20). The first-order chi connectivity index (χ1) is 9.95. The van der Waals surface area contributed by atoms with Gasteiger partial charge in [0.1, 0.15) is 6.61 Å². The van der Waals surface area contributed by atoms with Crippen molar-refractivity contribution >= 4 is 11.6 Å². The van der Waals surface area contributed by atoms with Gasteiger partial charge in [0.05, 0.1) is 11.7 Å². The van der Waals surface area contributed by atoms with Gasteiger partial charge < -0.3 is 15.4 Å². The molecule has 7 heteroatoms. The second-order valence-corrected chi connectivity index (χ2v) is 4.89. The second-order valence-electron chi connectivity index (χ2n) is 4.89. The van der Waals surface area contributed by atoms with Crippen LogP contribution in [0.4, 0.5) is 18.9 Å². The Hall–Kier alpha value is -1.60. The number of carbonyl (C=O) groups is 1. The van der Waals surface area contributed by atoms with Crippen LogP contribution in [-0.4, -0.2) is 31.7 Å². The van der Waals surface area contributed by atoms with Gasteiger partial charge >= 0.3 is 6.18 Å². The van der Waals surface area contributed by atoms with Gasteiger partial charge in [-0.2, -0.15) is 13.2 Å². The molecule has 1 aromatic rings. The van der Waals surface area contributed by atoms with Crippen LogP contribution >= 0.6 is 0 Å². The average molecular weight is 302 g/mol. The first-order valence-electron chi connectivity index (χ1n) is 6.74. The zero-order valence-electron chi connectivity index (χ0n) is 11.4. The normalized spacial score (nSPS) is 16.7. The second kappa shape index (κ2) is 6.91. The Labute approximate surface area is 120 Å². The van der Waals surface area contributed by atoms with Crippen LogP contribution in [0.3, 0.4) is 0 Å². The number of anilines is 1. The van der Waals surface area contributed by atoms with Gasteiger partial charge in [0.25, 0.3) is 0 Å². The van der Waals surface area contributed by atoms with Crippen LogP contribution in [0.25, 0.3) is 0 Å². The Morgan fingerprint density at radius 3 is 2.71 bits per heavy atom. The fourth-order valence-corrected chi connectivity index (χ4v) is 2.13. The summed E-state index contributed by atoms with van der Waals surface area (Å²) >= 11 is 0. The summed E-state index contributed by atoms with van der Waals surface area (Å²) in [7, 11) is 0. The van der Waals surface area contributed by atoms with Crippen molar-refractivity contribution in [2.45, 2.75) is 25.1 Å². The molecule has 0 bridgehead atoms. The minimum atomic E-state index is -4.42. The van der Waals surface area contributed by atoms with Crippen LogP contribution in [0.15, 0.2) is 24.3 Å². The maximum atomic E-state index is 12.6. The highest BCUT2D eigenvalue weighted by Gasteiger charge is 2.30. The van der Waals surface area contributed by atoms with E-state index in [1.165, 1.54) is 12.1 Å². The number of carbonyl (C=O) groups excluding carboxylic acids is 1. The molecule has 0 aliphatic carbocycles. The summed E-state index contributed by atoms with van der Waals surface area (Å²) in [5.74, 6) is -0.451. The van der Waals surface area contributed by atoms with Crippen molar-refractivity contribution in [2.75, 3.05) is 25.0 Å². The van der Waals surface area contributed by atoms with E-state index >= 15 is 0 Å². The Morgan fingerprint density at radius 1 is 1.33 bits per heavy atom. The van der Waals surface area contributed by atoms with E-state index in [9.17, 15) is 18.0 Å². The molecule has 1 amide bonds. The van der Waals surface area contributed by atoms with Crippen molar-refractivity contribution in [3.8, 4) is 0 Å². The van der Waals surface area contributed by atoms with Crippen molar-refractivity contribution < 1.29 is 22.7 Å². The number of alkyl halides is 3. The molecule has 4 nitrogen and oxygen atoms in total. The lowest BCUT2D eigenvalue weighted by atomic mass is 10.1. The highest BCUT2D eigenvalue weighted by Crippen LogP contribution is 2.30. The zero-order valence-corrected chi connectivity index (χ0v) is 11.4. The fraction of sp³-hybridized carbons (Fsp3) is 0.500. The Morgan fingerprint density at radius 2 is 2.05 bits per heavy atom. The third-order valence-corrected chi connectivity index (χ3v) is 3.21. The number of hydrogen-bond donors (Lipinski definition) is 2. The number of piperidine rings is 1. The average Bonchev–Trinajstić information content (AvgIpc) is 2.46. The van der Waals surface area contributed by atoms with Gasteiger partial charge in [-0.15, -0.1) is 0 Å². The zero-order chi connectivity index (χ0) is 15.3. The molecule has 1 saturated heterocycles. The molecular formula is C14H17F3N2O2. The number of nitrogens with one attached hydrogen (secondary N) is 2. The third-order valence-electron chi connectivity index (χ3n) is 3.21. The lowest BCUT2D eigenvalue weighted by Gasteiger charge is -2.22. The molecule has 2 N–H and O–H groups in total. The monoisotopic (exact) mass is 302 g/mol. The van der Waals surface area contributed by atoms with E-state index in [1.807, 2.05) is 0 Å². The molecule has 1 fully saturated rings. The van der Waals surface area contributed by atoms with Crippen LogP contribution in [0.1, 0.15) is 18.4 Å². The van der Waals surface area contributed by atoms with Crippen LogP contribution in [-0.2, 0) is 15.7 Å². The Kier molecular flexibility index (Phi) is 5.19. The molecule has 1 aliphatic rings. The third kappa shape index (κ3) is 5.02. The largest absolute Gasteiger partial charge is 0.416 e. The fourth-order valence-electron chi connectivity index (χ4n) is 2.13. The van der Waals surface area contributed by atoms with Crippen LogP contribution in [0.5, 0.6) is 0 Å². The molecule has 0 atom stereocenters. The Bertz CT molecular complexity index is 485. The molecule has 1 aromatic carbocycles. The lowest BCUT2D eigenvalue weighted by Crippen LogP contribution is -2.34. The van der Waals surface area contributed by atoms with Crippen molar-refractivity contribution in [3.63, 3.8) is 0 Å². The highest BCUT2D eigenvalue weighted by atomic mass is 19.4. The Balaban J connectivity index is 1.84. The molecule has 0 unspecified atom stereocenters. The number of ether oxygens (including phenoxy) is 1. The number of hydrogen-bond acceptors (Lipinski definition) is 3. The van der Waals surface area contributed by atoms with Crippen molar-refractivity contribution in [1.82, 2.24) is 5.32 Å². The van der Waals surface area contributed by atoms with E-state index in [0.717, 1.165) is 38.1 Å². The number of halogens is 3. The molecule has 21 heavy (non-hydrogen) atoms. The molecule has 0 spiro atoms. The molecule has 0 radical (unpaired) electrons. The molecule has 1 aliphatic heterocycles. The van der Waals surface area contributed by atoms with Gasteiger partial charge in [-0.3, -0.25) is 4.79 Å². The summed E-state index contributed by atoms with van der Waals surface area (Å²) in [5, 5.41) is 5.59. The minimum absolute atomic E-state index is 0.0264. The van der Waals surface area contributed by atoms with Crippen molar-refractivity contribution in [1.29, 1.82) is 0 Å². The lowest BCUT2D eigenvalue weighted by molar-refractivity contribution is -0.137. The molecule has 0 saturated carbocycles. The van der Waals surface area contributed by atoms with Gasteiger partial charge in [0, 0.05) is 5.69 Å². The van der Waals surface area contributed by atoms with Gasteiger partial charge in [-0.05, 0) is 44.1 Å². The molecular weight excluding hydrogens is 285 g/mol. The maximum Gasteiger partial charge on any atom is 0.416 e. The van der Waals surface area contributed by atoms with Crippen LogP contribution in [0.2, 0.25) is 0 Å². The van der Waals surface area contributed by atoms with Gasteiger partial charge in [0.2, 0.25) is 5.91 Å². The summed E-state index contributed by atoms with van der Waals surface area (Å²) in [6.07, 6.45) is -2.74. The number of amides is 1. The predicted octanol–water partition coefficient (Wildman–Crippen LogP) is 2.41. The van der Waals surface area contributed by atoms with E-state index < -0.39 is 17.6 Å². The van der Waals surface area contributed by atoms with E-state index in [2.05, 4.69) is 10.6 Å². The molecule has 0 aromatic heterocycles. The molecule has 116 valence electrons.